The van der Waals surface area contributed by atoms with Crippen LogP contribution in [0.2, 0.25) is 0 Å². The van der Waals surface area contributed by atoms with Crippen molar-refractivity contribution in [2.24, 2.45) is 17.8 Å². The zero-order valence-electron chi connectivity index (χ0n) is 5.30. The fraction of sp³-hybridized carbons (Fsp3) is 0.750. The van der Waals surface area contributed by atoms with Gasteiger partial charge in [-0.15, -0.1) is 0 Å². The monoisotopic (exact) mass is 108 g/mol. The lowest BCUT2D eigenvalue weighted by Crippen LogP contribution is -1.83. The van der Waals surface area contributed by atoms with Gasteiger partial charge in [0.1, 0.15) is 0 Å². The second-order valence-corrected chi connectivity index (χ2v) is 3.13. The van der Waals surface area contributed by atoms with E-state index >= 15 is 0 Å². The summed E-state index contributed by atoms with van der Waals surface area (Å²) in [4.78, 5) is 0. The second-order valence-electron chi connectivity index (χ2n) is 3.13. The van der Waals surface area contributed by atoms with Gasteiger partial charge in [-0.2, -0.15) is 0 Å². The minimum Gasteiger partial charge on any atom is -0.0882 e. The van der Waals surface area contributed by atoms with Gasteiger partial charge in [-0.1, -0.05) is 19.1 Å². The fourth-order valence-electron chi connectivity index (χ4n) is 1.92. The molecule has 0 N–H and O–H groups in total. The van der Waals surface area contributed by atoms with E-state index in [4.69, 9.17) is 0 Å². The molecule has 2 aliphatic rings. The third-order valence-electron chi connectivity index (χ3n) is 2.74. The highest BCUT2D eigenvalue weighted by Gasteiger charge is 2.45. The Kier molecular flexibility index (Phi) is 0.787. The molecule has 2 atom stereocenters. The van der Waals surface area contributed by atoms with Crippen LogP contribution in [0.25, 0.3) is 0 Å². The third-order valence-corrected chi connectivity index (χ3v) is 2.74. The molecule has 0 aromatic rings. The molecule has 0 unspecified atom stereocenters. The first kappa shape index (κ1) is 4.60. The summed E-state index contributed by atoms with van der Waals surface area (Å²) in [5.74, 6) is 3.21. The quantitative estimate of drug-likeness (QED) is 0.417. The Labute approximate surface area is 50.6 Å². The average molecular weight is 108 g/mol. The second kappa shape index (κ2) is 1.37. The van der Waals surface area contributed by atoms with Crippen molar-refractivity contribution in [3.63, 3.8) is 0 Å². The van der Waals surface area contributed by atoms with E-state index in [-0.39, 0.29) is 0 Å². The molecule has 0 radical (unpaired) electrons. The Bertz CT molecular complexity index is 110. The molecule has 2 rings (SSSR count). The van der Waals surface area contributed by atoms with Crippen LogP contribution in [0.5, 0.6) is 0 Å². The minimum absolute atomic E-state index is 1.05. The van der Waals surface area contributed by atoms with E-state index in [2.05, 4.69) is 19.1 Å². The maximum Gasteiger partial charge on any atom is -0.0317 e. The maximum absolute atomic E-state index is 2.38. The summed E-state index contributed by atoms with van der Waals surface area (Å²) >= 11 is 0. The summed E-state index contributed by atoms with van der Waals surface area (Å²) in [6.07, 6.45) is 7.41. The van der Waals surface area contributed by atoms with Crippen molar-refractivity contribution in [1.82, 2.24) is 0 Å². The van der Waals surface area contributed by atoms with Gasteiger partial charge in [-0.3, -0.25) is 0 Å². The van der Waals surface area contributed by atoms with Gasteiger partial charge in [0.05, 0.1) is 0 Å². The lowest BCUT2D eigenvalue weighted by molar-refractivity contribution is 0.689. The molecule has 0 aromatic carbocycles. The smallest absolute Gasteiger partial charge is 0.0317 e. The van der Waals surface area contributed by atoms with Crippen LogP contribution in [0.15, 0.2) is 12.2 Å². The molecule has 0 nitrogen and oxygen atoms in total. The van der Waals surface area contributed by atoms with Crippen LogP contribution in [0.3, 0.4) is 0 Å². The normalized spacial score (nSPS) is 50.9. The molecule has 0 bridgehead atoms. The van der Waals surface area contributed by atoms with Crippen LogP contribution < -0.4 is 0 Å². The predicted octanol–water partition coefficient (Wildman–Crippen LogP) is 2.22. The van der Waals surface area contributed by atoms with Crippen molar-refractivity contribution in [1.29, 1.82) is 0 Å². The number of hydrogen-bond donors (Lipinski definition) is 0. The molecule has 0 aliphatic heterocycles. The largest absolute Gasteiger partial charge is 0.0882 e. The topological polar surface area (TPSA) is 0 Å². The molecular formula is C8H12. The molecule has 44 valence electrons. The number of hydrogen-bond acceptors (Lipinski definition) is 0. The van der Waals surface area contributed by atoms with Gasteiger partial charge in [0.15, 0.2) is 0 Å². The molecule has 0 amide bonds. The fourth-order valence-corrected chi connectivity index (χ4v) is 1.92. The van der Waals surface area contributed by atoms with Gasteiger partial charge < -0.3 is 0 Å². The molecular weight excluding hydrogens is 96.1 g/mol. The van der Waals surface area contributed by atoms with Crippen molar-refractivity contribution in [3.05, 3.63) is 12.2 Å². The first-order valence-corrected chi connectivity index (χ1v) is 3.54. The van der Waals surface area contributed by atoms with Crippen molar-refractivity contribution in [2.45, 2.75) is 19.8 Å². The van der Waals surface area contributed by atoms with Gasteiger partial charge >= 0.3 is 0 Å². The first-order valence-electron chi connectivity index (χ1n) is 3.54. The molecule has 0 heterocycles. The molecule has 1 saturated carbocycles. The Hall–Kier alpha value is -0.260. The molecule has 0 saturated heterocycles. The molecule has 2 aliphatic carbocycles. The van der Waals surface area contributed by atoms with E-state index in [1.54, 1.807) is 0 Å². The molecule has 0 aromatic heterocycles. The maximum atomic E-state index is 2.38. The van der Waals surface area contributed by atoms with Crippen LogP contribution in [0, 0.1) is 17.8 Å². The predicted molar refractivity (Wildman–Crippen MR) is 34.5 cm³/mol. The van der Waals surface area contributed by atoms with Gasteiger partial charge in [0, 0.05) is 0 Å². The van der Waals surface area contributed by atoms with Gasteiger partial charge in [0.2, 0.25) is 0 Å². The zero-order valence-corrected chi connectivity index (χ0v) is 5.30. The van der Waals surface area contributed by atoms with Crippen LogP contribution >= 0.6 is 0 Å². The Morgan fingerprint density at radius 2 is 1.62 bits per heavy atom. The van der Waals surface area contributed by atoms with E-state index in [0.29, 0.717) is 0 Å². The van der Waals surface area contributed by atoms with Gasteiger partial charge in [-0.05, 0) is 30.6 Å². The summed E-state index contributed by atoms with van der Waals surface area (Å²) in [5, 5.41) is 0. The van der Waals surface area contributed by atoms with Crippen LogP contribution in [-0.2, 0) is 0 Å². The summed E-state index contributed by atoms with van der Waals surface area (Å²) in [6.45, 7) is 2.38. The minimum atomic E-state index is 1.05. The standard InChI is InChI=1S/C8H12/c1-6-7-4-2-3-5-8(6)7/h2-3,6-8H,4-5H2,1H3/t7-,8-/m1/s1. The SMILES string of the molecule is CC1[C@H]2CC=CC[C@H]12. The average Bonchev–Trinajstić information content (AvgIpc) is 2.46. The van der Waals surface area contributed by atoms with E-state index < -0.39 is 0 Å². The Balaban J connectivity index is 2.08. The zero-order chi connectivity index (χ0) is 5.56. The molecule has 0 heteroatoms. The molecule has 1 fully saturated rings. The van der Waals surface area contributed by atoms with E-state index in [1.807, 2.05) is 0 Å². The van der Waals surface area contributed by atoms with E-state index in [0.717, 1.165) is 17.8 Å². The number of allylic oxidation sites excluding steroid dienone is 2. The summed E-state index contributed by atoms with van der Waals surface area (Å²) in [6, 6.07) is 0. The van der Waals surface area contributed by atoms with E-state index in [9.17, 15) is 0 Å². The van der Waals surface area contributed by atoms with Crippen molar-refractivity contribution in [3.8, 4) is 0 Å². The lowest BCUT2D eigenvalue weighted by Gasteiger charge is -1.96. The van der Waals surface area contributed by atoms with Crippen molar-refractivity contribution >= 4 is 0 Å². The van der Waals surface area contributed by atoms with Gasteiger partial charge in [0.25, 0.3) is 0 Å². The van der Waals surface area contributed by atoms with Crippen molar-refractivity contribution in [2.75, 3.05) is 0 Å². The summed E-state index contributed by atoms with van der Waals surface area (Å²) < 4.78 is 0. The molecule has 8 heavy (non-hydrogen) atoms. The molecule has 0 spiro atoms. The first-order chi connectivity index (χ1) is 3.89. The van der Waals surface area contributed by atoms with E-state index in [1.165, 1.54) is 12.8 Å². The van der Waals surface area contributed by atoms with Crippen molar-refractivity contribution < 1.29 is 0 Å². The van der Waals surface area contributed by atoms with Crippen LogP contribution in [0.1, 0.15) is 19.8 Å². The highest BCUT2D eigenvalue weighted by Crippen LogP contribution is 2.52. The lowest BCUT2D eigenvalue weighted by atomic mass is 10.1. The Morgan fingerprint density at radius 3 is 2.00 bits per heavy atom. The summed E-state index contributed by atoms with van der Waals surface area (Å²) in [7, 11) is 0. The van der Waals surface area contributed by atoms with Gasteiger partial charge in [-0.25, -0.2) is 0 Å². The highest BCUT2D eigenvalue weighted by atomic mass is 14.5. The third kappa shape index (κ3) is 0.460. The van der Waals surface area contributed by atoms with Crippen LogP contribution in [-0.4, -0.2) is 0 Å². The van der Waals surface area contributed by atoms with Crippen LogP contribution in [0.4, 0.5) is 0 Å². The number of fused-ring (bicyclic) bond motifs is 1. The Morgan fingerprint density at radius 1 is 1.12 bits per heavy atom. The number of rotatable bonds is 0. The highest BCUT2D eigenvalue weighted by molar-refractivity contribution is 5.06. The summed E-state index contributed by atoms with van der Waals surface area (Å²) in [5.41, 5.74) is 0.